The first-order valence-electron chi connectivity index (χ1n) is 7.79. The predicted molar refractivity (Wildman–Crippen MR) is 89.5 cm³/mol. The first kappa shape index (κ1) is 17.9. The molecule has 134 valence electrons. The fraction of sp³-hybridized carbons (Fsp3) is 0.158. The van der Waals surface area contributed by atoms with Gasteiger partial charge in [0, 0.05) is 6.54 Å². The van der Waals surface area contributed by atoms with Gasteiger partial charge in [-0.05, 0) is 28.8 Å². The molecule has 0 amide bonds. The van der Waals surface area contributed by atoms with Gasteiger partial charge < -0.3 is 9.67 Å². The molecule has 7 heteroatoms. The van der Waals surface area contributed by atoms with Crippen molar-refractivity contribution in [2.75, 3.05) is 0 Å². The smallest absolute Gasteiger partial charge is 0.388 e. The van der Waals surface area contributed by atoms with E-state index in [0.29, 0.717) is 29.9 Å². The van der Waals surface area contributed by atoms with Gasteiger partial charge in [0.05, 0.1) is 11.8 Å². The Labute approximate surface area is 147 Å². The molecule has 0 saturated heterocycles. The van der Waals surface area contributed by atoms with Crippen molar-refractivity contribution in [1.29, 1.82) is 0 Å². The van der Waals surface area contributed by atoms with Gasteiger partial charge in [0.2, 0.25) is 0 Å². The third-order valence-electron chi connectivity index (χ3n) is 4.07. The number of aliphatic hydroxyl groups is 1. The van der Waals surface area contributed by atoms with E-state index in [1.807, 2.05) is 12.1 Å². The minimum atomic E-state index is -4.35. The summed E-state index contributed by atoms with van der Waals surface area (Å²) in [5, 5.41) is 9.30. The van der Waals surface area contributed by atoms with Crippen LogP contribution in [0, 0.1) is 0 Å². The largest absolute Gasteiger partial charge is 0.416 e. The normalized spacial score (nSPS) is 11.5. The van der Waals surface area contributed by atoms with Crippen molar-refractivity contribution in [3.63, 3.8) is 0 Å². The van der Waals surface area contributed by atoms with E-state index in [4.69, 9.17) is 0 Å². The lowest BCUT2D eigenvalue weighted by Gasteiger charge is -2.10. The molecule has 1 N–H and O–H groups in total. The Bertz CT molecular complexity index is 898. The first-order chi connectivity index (χ1) is 12.4. The Morgan fingerprint density at radius 2 is 1.58 bits per heavy atom. The van der Waals surface area contributed by atoms with Crippen molar-refractivity contribution in [3.05, 3.63) is 77.4 Å². The van der Waals surface area contributed by atoms with Crippen molar-refractivity contribution in [1.82, 2.24) is 9.55 Å². The average molecular weight is 360 g/mol. The molecule has 0 fully saturated rings. The van der Waals surface area contributed by atoms with Crippen molar-refractivity contribution in [2.24, 2.45) is 0 Å². The Kier molecular flexibility index (Phi) is 4.90. The van der Waals surface area contributed by atoms with E-state index in [1.54, 1.807) is 16.7 Å². The quantitative estimate of drug-likeness (QED) is 0.702. The summed E-state index contributed by atoms with van der Waals surface area (Å²) >= 11 is 0. The molecule has 0 atom stereocenters. The van der Waals surface area contributed by atoms with E-state index in [-0.39, 0.29) is 6.61 Å². The molecule has 1 aromatic heterocycles. The van der Waals surface area contributed by atoms with Gasteiger partial charge in [0.1, 0.15) is 18.1 Å². The fourth-order valence-corrected chi connectivity index (χ4v) is 2.67. The van der Waals surface area contributed by atoms with Crippen LogP contribution in [0.4, 0.5) is 13.2 Å². The number of rotatable bonds is 5. The maximum Gasteiger partial charge on any atom is 0.416 e. The highest BCUT2D eigenvalue weighted by molar-refractivity contribution is 5.72. The molecule has 4 nitrogen and oxygen atoms in total. The van der Waals surface area contributed by atoms with Gasteiger partial charge in [-0.1, -0.05) is 36.4 Å². The van der Waals surface area contributed by atoms with Crippen LogP contribution in [0.5, 0.6) is 0 Å². The van der Waals surface area contributed by atoms with Gasteiger partial charge in [0.15, 0.2) is 6.29 Å². The number of alkyl halides is 3. The van der Waals surface area contributed by atoms with E-state index < -0.39 is 11.7 Å². The number of halogens is 3. The third kappa shape index (κ3) is 3.67. The van der Waals surface area contributed by atoms with Crippen LogP contribution in [0.25, 0.3) is 11.1 Å². The highest BCUT2D eigenvalue weighted by atomic mass is 19.4. The summed E-state index contributed by atoms with van der Waals surface area (Å²) in [7, 11) is 0. The monoisotopic (exact) mass is 360 g/mol. The van der Waals surface area contributed by atoms with Crippen LogP contribution in [0.3, 0.4) is 0 Å². The van der Waals surface area contributed by atoms with Crippen LogP contribution >= 0.6 is 0 Å². The first-order valence-corrected chi connectivity index (χ1v) is 7.79. The molecule has 0 aliphatic rings. The van der Waals surface area contributed by atoms with E-state index in [0.717, 1.165) is 23.3 Å². The Balaban J connectivity index is 1.81. The molecule has 0 aliphatic carbocycles. The van der Waals surface area contributed by atoms with Gasteiger partial charge in [-0.25, -0.2) is 4.98 Å². The number of nitrogens with zero attached hydrogens (tertiary/aromatic N) is 2. The Morgan fingerprint density at radius 3 is 2.08 bits per heavy atom. The van der Waals surface area contributed by atoms with Crippen LogP contribution in [0.1, 0.15) is 27.4 Å². The lowest BCUT2D eigenvalue weighted by Crippen LogP contribution is -2.08. The second kappa shape index (κ2) is 7.13. The van der Waals surface area contributed by atoms with Crippen molar-refractivity contribution in [2.45, 2.75) is 19.3 Å². The van der Waals surface area contributed by atoms with E-state index in [1.165, 1.54) is 18.3 Å². The summed E-state index contributed by atoms with van der Waals surface area (Å²) in [6, 6.07) is 12.2. The van der Waals surface area contributed by atoms with Gasteiger partial charge in [-0.15, -0.1) is 0 Å². The van der Waals surface area contributed by atoms with Crippen LogP contribution in [-0.4, -0.2) is 20.9 Å². The molecule has 0 bridgehead atoms. The molecule has 0 saturated carbocycles. The molecule has 0 spiro atoms. The number of aldehydes is 1. The standard InChI is InChI=1S/C19H15F3N2O2/c20-19(21,22)16-7-5-15(6-8-16)14-3-1-13(2-4-14)10-24-17(11-25)9-23-18(24)12-26/h1-9,11,26H,10,12H2. The zero-order valence-electron chi connectivity index (χ0n) is 13.6. The zero-order chi connectivity index (χ0) is 18.7. The number of imidazole rings is 1. The molecular formula is C19H15F3N2O2. The zero-order valence-corrected chi connectivity index (χ0v) is 13.6. The lowest BCUT2D eigenvalue weighted by molar-refractivity contribution is -0.137. The number of carbonyl (C=O) groups excluding carboxylic acids is 1. The van der Waals surface area contributed by atoms with Gasteiger partial charge in [0.25, 0.3) is 0 Å². The third-order valence-corrected chi connectivity index (χ3v) is 4.07. The number of carbonyl (C=O) groups is 1. The second-order valence-corrected chi connectivity index (χ2v) is 5.73. The summed E-state index contributed by atoms with van der Waals surface area (Å²) in [6.07, 6.45) is -2.29. The number of hydrogen-bond acceptors (Lipinski definition) is 3. The van der Waals surface area contributed by atoms with Crippen LogP contribution < -0.4 is 0 Å². The minimum Gasteiger partial charge on any atom is -0.388 e. The summed E-state index contributed by atoms with van der Waals surface area (Å²) in [4.78, 5) is 15.0. The molecular weight excluding hydrogens is 345 g/mol. The molecule has 1 heterocycles. The predicted octanol–water partition coefficient (Wildman–Crippen LogP) is 3.92. The highest BCUT2D eigenvalue weighted by Crippen LogP contribution is 2.31. The SMILES string of the molecule is O=Cc1cnc(CO)n1Cc1ccc(-c2ccc(C(F)(F)F)cc2)cc1. The Hall–Kier alpha value is -2.93. The minimum absolute atomic E-state index is 0.280. The molecule has 2 aromatic carbocycles. The van der Waals surface area contributed by atoms with Crippen molar-refractivity contribution in [3.8, 4) is 11.1 Å². The maximum absolute atomic E-state index is 12.6. The summed E-state index contributed by atoms with van der Waals surface area (Å²) in [6.45, 7) is 0.0781. The molecule has 0 unspecified atom stereocenters. The number of benzene rings is 2. The van der Waals surface area contributed by atoms with Gasteiger partial charge >= 0.3 is 6.18 Å². The maximum atomic E-state index is 12.6. The highest BCUT2D eigenvalue weighted by Gasteiger charge is 2.29. The van der Waals surface area contributed by atoms with Crippen LogP contribution in [-0.2, 0) is 19.3 Å². The average Bonchev–Trinajstić information content (AvgIpc) is 3.03. The van der Waals surface area contributed by atoms with E-state index >= 15 is 0 Å². The number of aromatic nitrogens is 2. The van der Waals surface area contributed by atoms with Gasteiger partial charge in [-0.3, -0.25) is 4.79 Å². The molecule has 0 radical (unpaired) electrons. The lowest BCUT2D eigenvalue weighted by atomic mass is 10.0. The van der Waals surface area contributed by atoms with Gasteiger partial charge in [-0.2, -0.15) is 13.2 Å². The molecule has 0 aliphatic heterocycles. The van der Waals surface area contributed by atoms with Crippen molar-refractivity contribution >= 4 is 6.29 Å². The topological polar surface area (TPSA) is 55.1 Å². The summed E-state index contributed by atoms with van der Waals surface area (Å²) < 4.78 is 39.5. The van der Waals surface area contributed by atoms with E-state index in [9.17, 15) is 23.1 Å². The Morgan fingerprint density at radius 1 is 1.00 bits per heavy atom. The van der Waals surface area contributed by atoms with Crippen molar-refractivity contribution < 1.29 is 23.1 Å². The molecule has 26 heavy (non-hydrogen) atoms. The summed E-state index contributed by atoms with van der Waals surface area (Å²) in [5.74, 6) is 0.388. The number of aliphatic hydroxyl groups excluding tert-OH is 1. The molecule has 3 rings (SSSR count). The van der Waals surface area contributed by atoms with Crippen LogP contribution in [0.2, 0.25) is 0 Å². The van der Waals surface area contributed by atoms with Crippen LogP contribution in [0.15, 0.2) is 54.7 Å². The van der Waals surface area contributed by atoms with E-state index in [2.05, 4.69) is 4.98 Å². The number of hydrogen-bond donors (Lipinski definition) is 1. The summed E-state index contributed by atoms with van der Waals surface area (Å²) in [5.41, 5.74) is 2.01. The fourth-order valence-electron chi connectivity index (χ4n) is 2.67. The molecule has 3 aromatic rings. The second-order valence-electron chi connectivity index (χ2n) is 5.73.